The van der Waals surface area contributed by atoms with Gasteiger partial charge in [0.25, 0.3) is 11.3 Å². The maximum absolute atomic E-state index is 12.5. The molecule has 4 heterocycles. The number of unbranched alkanes of at least 4 members (excludes halogenated alkanes) is 1. The monoisotopic (exact) mass is 442 g/mol. The van der Waals surface area contributed by atoms with Crippen molar-refractivity contribution in [2.24, 2.45) is 0 Å². The molecule has 0 saturated carbocycles. The van der Waals surface area contributed by atoms with Crippen LogP contribution in [0.5, 0.6) is 0 Å². The van der Waals surface area contributed by atoms with Crippen molar-refractivity contribution < 1.29 is 0 Å². The summed E-state index contributed by atoms with van der Waals surface area (Å²) in [5, 5.41) is 5.16. The van der Waals surface area contributed by atoms with Crippen LogP contribution in [0.4, 0.5) is 0 Å². The molecule has 31 heavy (non-hydrogen) atoms. The topological polar surface area (TPSA) is 116 Å². The molecular weight excluding hydrogens is 416 g/mol. The van der Waals surface area contributed by atoms with E-state index in [1.54, 1.807) is 9.08 Å². The highest BCUT2D eigenvalue weighted by Gasteiger charge is 2.19. The van der Waals surface area contributed by atoms with Crippen LogP contribution in [-0.2, 0) is 18.8 Å². The van der Waals surface area contributed by atoms with Gasteiger partial charge in [0.2, 0.25) is 5.16 Å². The Morgan fingerprint density at radius 3 is 2.52 bits per heavy atom. The Hall–Kier alpha value is -2.95. The molecule has 4 aromatic heterocycles. The molecule has 4 rings (SSSR count). The molecule has 4 aromatic rings. The van der Waals surface area contributed by atoms with Gasteiger partial charge in [0.05, 0.1) is 5.75 Å². The molecule has 10 nitrogen and oxygen atoms in total. The first-order valence-electron chi connectivity index (χ1n) is 10.4. The summed E-state index contributed by atoms with van der Waals surface area (Å²) in [6.45, 7) is 11.1. The van der Waals surface area contributed by atoms with Gasteiger partial charge in [0.1, 0.15) is 5.82 Å². The highest BCUT2D eigenvalue weighted by atomic mass is 32.2. The summed E-state index contributed by atoms with van der Waals surface area (Å²) in [6, 6.07) is 0. The summed E-state index contributed by atoms with van der Waals surface area (Å²) in [7, 11) is 0. The van der Waals surface area contributed by atoms with Crippen molar-refractivity contribution in [2.75, 3.05) is 0 Å². The van der Waals surface area contributed by atoms with Crippen molar-refractivity contribution in [1.29, 1.82) is 0 Å². The van der Waals surface area contributed by atoms with E-state index < -0.39 is 11.2 Å². The number of aryl methyl sites for hydroxylation is 4. The predicted octanol–water partition coefficient (Wildman–Crippen LogP) is 2.36. The first kappa shape index (κ1) is 21.3. The molecular formula is C20H26N8O2S. The second-order valence-corrected chi connectivity index (χ2v) is 8.45. The number of thioether (sulfide) groups is 1. The van der Waals surface area contributed by atoms with E-state index in [1.807, 2.05) is 32.3 Å². The number of imidazole rings is 1. The molecule has 0 amide bonds. The Labute approximate surface area is 182 Å². The van der Waals surface area contributed by atoms with Crippen LogP contribution in [0.1, 0.15) is 49.5 Å². The predicted molar refractivity (Wildman–Crippen MR) is 120 cm³/mol. The van der Waals surface area contributed by atoms with E-state index in [-0.39, 0.29) is 0 Å². The molecule has 0 saturated heterocycles. The number of aromatic amines is 1. The largest absolute Gasteiger partial charge is 0.330 e. The van der Waals surface area contributed by atoms with Crippen molar-refractivity contribution in [1.82, 2.24) is 38.7 Å². The summed E-state index contributed by atoms with van der Waals surface area (Å²) in [4.78, 5) is 41.1. The summed E-state index contributed by atoms with van der Waals surface area (Å²) < 4.78 is 5.17. The SMILES string of the molecule is CCCCn1c(=O)[nH]c(=O)c2c1nc(CSc1nc3nc(C)c(C)c(C)n3n1)n2CC. The first-order valence-corrected chi connectivity index (χ1v) is 11.4. The van der Waals surface area contributed by atoms with Crippen LogP contribution in [0.25, 0.3) is 16.9 Å². The van der Waals surface area contributed by atoms with Crippen LogP contribution in [-0.4, -0.2) is 38.7 Å². The Balaban J connectivity index is 1.72. The molecule has 11 heteroatoms. The summed E-state index contributed by atoms with van der Waals surface area (Å²) in [6.07, 6.45) is 1.77. The average molecular weight is 443 g/mol. The molecule has 1 N–H and O–H groups in total. The highest BCUT2D eigenvalue weighted by Crippen LogP contribution is 2.23. The second-order valence-electron chi connectivity index (χ2n) is 7.51. The van der Waals surface area contributed by atoms with E-state index in [4.69, 9.17) is 0 Å². The minimum Gasteiger partial charge on any atom is -0.322 e. The zero-order valence-electron chi connectivity index (χ0n) is 18.4. The minimum absolute atomic E-state index is 0.407. The van der Waals surface area contributed by atoms with Crippen molar-refractivity contribution in [3.63, 3.8) is 0 Å². The number of nitrogens with one attached hydrogen (secondary N) is 1. The van der Waals surface area contributed by atoms with Gasteiger partial charge in [0, 0.05) is 24.5 Å². The Morgan fingerprint density at radius 2 is 1.81 bits per heavy atom. The number of rotatable bonds is 7. The van der Waals surface area contributed by atoms with Gasteiger partial charge in [-0.15, -0.1) is 5.10 Å². The van der Waals surface area contributed by atoms with Crippen molar-refractivity contribution in [2.45, 2.75) is 71.5 Å². The number of nitrogens with zero attached hydrogens (tertiary/aromatic N) is 7. The lowest BCUT2D eigenvalue weighted by atomic mass is 10.2. The van der Waals surface area contributed by atoms with Gasteiger partial charge in [0.15, 0.2) is 11.2 Å². The lowest BCUT2D eigenvalue weighted by Gasteiger charge is -2.06. The van der Waals surface area contributed by atoms with E-state index in [2.05, 4.69) is 32.0 Å². The third-order valence-electron chi connectivity index (χ3n) is 5.59. The highest BCUT2D eigenvalue weighted by molar-refractivity contribution is 7.98. The first-order chi connectivity index (χ1) is 14.8. The van der Waals surface area contributed by atoms with Crippen LogP contribution in [0, 0.1) is 20.8 Å². The van der Waals surface area contributed by atoms with Crippen molar-refractivity contribution in [3.05, 3.63) is 43.6 Å². The number of fused-ring (bicyclic) bond motifs is 2. The van der Waals surface area contributed by atoms with Crippen LogP contribution in [0.3, 0.4) is 0 Å². The van der Waals surface area contributed by atoms with E-state index in [0.29, 0.717) is 46.8 Å². The van der Waals surface area contributed by atoms with Crippen LogP contribution in [0.15, 0.2) is 14.7 Å². The minimum atomic E-state index is -0.416. The fourth-order valence-electron chi connectivity index (χ4n) is 3.62. The fourth-order valence-corrected chi connectivity index (χ4v) is 4.38. The van der Waals surface area contributed by atoms with Crippen molar-refractivity contribution in [3.8, 4) is 0 Å². The molecule has 164 valence electrons. The lowest BCUT2D eigenvalue weighted by Crippen LogP contribution is -2.31. The molecule has 0 atom stereocenters. The van der Waals surface area contributed by atoms with Crippen LogP contribution < -0.4 is 11.2 Å². The van der Waals surface area contributed by atoms with Crippen LogP contribution >= 0.6 is 11.8 Å². The summed E-state index contributed by atoms with van der Waals surface area (Å²) >= 11 is 1.43. The summed E-state index contributed by atoms with van der Waals surface area (Å²) in [5.41, 5.74) is 3.08. The smallest absolute Gasteiger partial charge is 0.322 e. The molecule has 0 fully saturated rings. The van der Waals surface area contributed by atoms with E-state index in [9.17, 15) is 9.59 Å². The Morgan fingerprint density at radius 1 is 1.03 bits per heavy atom. The maximum Gasteiger partial charge on any atom is 0.330 e. The van der Waals surface area contributed by atoms with E-state index in [0.717, 1.165) is 29.8 Å². The average Bonchev–Trinajstić information content (AvgIpc) is 3.31. The van der Waals surface area contributed by atoms with Crippen LogP contribution in [0.2, 0.25) is 0 Å². The van der Waals surface area contributed by atoms with Gasteiger partial charge in [-0.05, 0) is 39.7 Å². The third-order valence-corrected chi connectivity index (χ3v) is 6.42. The van der Waals surface area contributed by atoms with Gasteiger partial charge in [-0.1, -0.05) is 25.1 Å². The number of hydrogen-bond donors (Lipinski definition) is 1. The number of hydrogen-bond acceptors (Lipinski definition) is 7. The maximum atomic E-state index is 12.5. The molecule has 0 unspecified atom stereocenters. The zero-order chi connectivity index (χ0) is 22.3. The molecule has 0 bridgehead atoms. The van der Waals surface area contributed by atoms with Gasteiger partial charge in [-0.25, -0.2) is 19.3 Å². The summed E-state index contributed by atoms with van der Waals surface area (Å²) in [5.74, 6) is 1.74. The molecule has 0 radical (unpaired) electrons. The molecule has 0 aliphatic rings. The fraction of sp³-hybridized carbons (Fsp3) is 0.500. The Bertz CT molecular complexity index is 1390. The number of aromatic nitrogens is 8. The standard InChI is InChI=1S/C20H26N8O2S/c1-6-8-9-27-16-15(17(29)23-20(27)30)26(7-2)14(22-16)10-31-19-24-18-21-12(4)11(3)13(5)28(18)25-19/h6-10H2,1-5H3,(H,23,29,30). The number of H-pyrrole nitrogens is 1. The quantitative estimate of drug-likeness (QED) is 0.437. The second kappa shape index (κ2) is 8.29. The van der Waals surface area contributed by atoms with Gasteiger partial charge in [-0.3, -0.25) is 14.3 Å². The van der Waals surface area contributed by atoms with Gasteiger partial charge < -0.3 is 4.57 Å². The van der Waals surface area contributed by atoms with E-state index in [1.165, 1.54) is 11.8 Å². The Kier molecular flexibility index (Phi) is 5.69. The molecule has 0 aliphatic carbocycles. The molecule has 0 spiro atoms. The van der Waals surface area contributed by atoms with E-state index >= 15 is 0 Å². The molecule has 0 aromatic carbocycles. The lowest BCUT2D eigenvalue weighted by molar-refractivity contribution is 0.613. The zero-order valence-corrected chi connectivity index (χ0v) is 19.2. The van der Waals surface area contributed by atoms with Gasteiger partial charge in [-0.2, -0.15) is 4.98 Å². The van der Waals surface area contributed by atoms with Gasteiger partial charge >= 0.3 is 5.69 Å². The molecule has 0 aliphatic heterocycles. The van der Waals surface area contributed by atoms with Crippen molar-refractivity contribution >= 4 is 28.7 Å². The third kappa shape index (κ3) is 3.67. The normalized spacial score (nSPS) is 11.8.